The summed E-state index contributed by atoms with van der Waals surface area (Å²) in [6.07, 6.45) is 1.54. The highest BCUT2D eigenvalue weighted by molar-refractivity contribution is 5.96. The van der Waals surface area contributed by atoms with Crippen LogP contribution in [0.15, 0.2) is 53.3 Å². The van der Waals surface area contributed by atoms with E-state index in [1.165, 1.54) is 12.1 Å². The van der Waals surface area contributed by atoms with E-state index < -0.39 is 29.4 Å². The number of carbonyl (C=O) groups excluding carboxylic acids is 2. The van der Waals surface area contributed by atoms with Gasteiger partial charge in [0.1, 0.15) is 5.82 Å². The number of amides is 2. The number of benzene rings is 2. The maximum absolute atomic E-state index is 13.9. The fourth-order valence-electron chi connectivity index (χ4n) is 5.18. The number of nitrogens with zero attached hydrogens (tertiary/aromatic N) is 2. The normalized spacial score (nSPS) is 17.5. The standard InChI is InChI=1S/C29H33FN4O4/c1-17-12-21(9-8-19(17)14-22-13-18(2)32-33-28(22)37)27(36)31-16-26(35)34-24(10-11-25(34)29(3,4)38)20-6-5-7-23(30)15-20/h5-9,12-13,15,24-25,38H,10-11,14,16H2,1-4H3,(H,31,36)(H,33,37)/t24?,25-/m1/s1. The average Bonchev–Trinajstić information content (AvgIpc) is 3.32. The van der Waals surface area contributed by atoms with E-state index in [0.717, 1.165) is 11.1 Å². The molecule has 38 heavy (non-hydrogen) atoms. The van der Waals surface area contributed by atoms with Gasteiger partial charge < -0.3 is 15.3 Å². The summed E-state index contributed by atoms with van der Waals surface area (Å²) >= 11 is 0. The number of carbonyl (C=O) groups is 2. The second-order valence-electron chi connectivity index (χ2n) is 10.5. The molecular weight excluding hydrogens is 487 g/mol. The van der Waals surface area contributed by atoms with Gasteiger partial charge in [-0.1, -0.05) is 18.2 Å². The number of hydrogen-bond acceptors (Lipinski definition) is 5. The molecule has 2 heterocycles. The molecule has 1 unspecified atom stereocenters. The predicted octanol–water partition coefficient (Wildman–Crippen LogP) is 3.35. The molecule has 4 rings (SSSR count). The third-order valence-corrected chi connectivity index (χ3v) is 7.12. The minimum absolute atomic E-state index is 0.252. The van der Waals surface area contributed by atoms with Crippen molar-refractivity contribution in [3.05, 3.63) is 98.2 Å². The van der Waals surface area contributed by atoms with Crippen LogP contribution in [0.5, 0.6) is 0 Å². The highest BCUT2D eigenvalue weighted by Gasteiger charge is 2.44. The summed E-state index contributed by atoms with van der Waals surface area (Å²) < 4.78 is 13.9. The van der Waals surface area contributed by atoms with E-state index in [0.29, 0.717) is 41.6 Å². The van der Waals surface area contributed by atoms with Crippen LogP contribution in [-0.4, -0.2) is 50.2 Å². The largest absolute Gasteiger partial charge is 0.388 e. The van der Waals surface area contributed by atoms with Crippen molar-refractivity contribution in [2.75, 3.05) is 6.54 Å². The molecule has 2 amide bonds. The number of aliphatic hydroxyl groups is 1. The van der Waals surface area contributed by atoms with Gasteiger partial charge in [-0.15, -0.1) is 0 Å². The van der Waals surface area contributed by atoms with Crippen molar-refractivity contribution in [2.45, 2.75) is 64.6 Å². The Kier molecular flexibility index (Phi) is 7.78. The second-order valence-corrected chi connectivity index (χ2v) is 10.5. The molecule has 0 bridgehead atoms. The summed E-state index contributed by atoms with van der Waals surface area (Å²) in [6.45, 7) is 6.70. The Balaban J connectivity index is 1.47. The number of halogens is 1. The van der Waals surface area contributed by atoms with Gasteiger partial charge in [0.25, 0.3) is 11.5 Å². The van der Waals surface area contributed by atoms with Gasteiger partial charge in [-0.25, -0.2) is 9.49 Å². The lowest BCUT2D eigenvalue weighted by Crippen LogP contribution is -2.51. The quantitative estimate of drug-likeness (QED) is 0.442. The molecule has 2 aromatic carbocycles. The molecule has 8 nitrogen and oxygen atoms in total. The first kappa shape index (κ1) is 27.2. The van der Waals surface area contributed by atoms with E-state index >= 15 is 0 Å². The lowest BCUT2D eigenvalue weighted by atomic mass is 9.96. The Morgan fingerprint density at radius 3 is 2.58 bits per heavy atom. The van der Waals surface area contributed by atoms with Crippen LogP contribution in [0.3, 0.4) is 0 Å². The summed E-state index contributed by atoms with van der Waals surface area (Å²) in [5, 5.41) is 19.8. The van der Waals surface area contributed by atoms with Crippen molar-refractivity contribution in [3.8, 4) is 0 Å². The fourth-order valence-corrected chi connectivity index (χ4v) is 5.18. The monoisotopic (exact) mass is 520 g/mol. The minimum atomic E-state index is -1.16. The summed E-state index contributed by atoms with van der Waals surface area (Å²) in [4.78, 5) is 39.9. The first-order chi connectivity index (χ1) is 17.9. The molecule has 1 fully saturated rings. The molecule has 3 N–H and O–H groups in total. The third-order valence-electron chi connectivity index (χ3n) is 7.12. The summed E-state index contributed by atoms with van der Waals surface area (Å²) in [5.41, 5.74) is 2.67. The number of aromatic amines is 1. The number of aryl methyl sites for hydroxylation is 2. The number of rotatable bonds is 7. The molecule has 0 radical (unpaired) electrons. The third kappa shape index (κ3) is 5.99. The number of likely N-dealkylation sites (tertiary alicyclic amines) is 1. The zero-order chi connectivity index (χ0) is 27.6. The zero-order valence-corrected chi connectivity index (χ0v) is 22.0. The zero-order valence-electron chi connectivity index (χ0n) is 22.0. The van der Waals surface area contributed by atoms with E-state index in [1.54, 1.807) is 62.1 Å². The van der Waals surface area contributed by atoms with Crippen LogP contribution in [0, 0.1) is 19.7 Å². The Morgan fingerprint density at radius 1 is 1.13 bits per heavy atom. The maximum atomic E-state index is 13.9. The Hall–Kier alpha value is -3.85. The molecule has 3 aromatic rings. The van der Waals surface area contributed by atoms with Crippen LogP contribution >= 0.6 is 0 Å². The lowest BCUT2D eigenvalue weighted by Gasteiger charge is -2.37. The van der Waals surface area contributed by atoms with Gasteiger partial charge in [0, 0.05) is 17.5 Å². The maximum Gasteiger partial charge on any atom is 0.267 e. The molecule has 1 saturated heterocycles. The predicted molar refractivity (Wildman–Crippen MR) is 141 cm³/mol. The highest BCUT2D eigenvalue weighted by Crippen LogP contribution is 2.40. The van der Waals surface area contributed by atoms with Crippen LogP contribution in [0.25, 0.3) is 0 Å². The van der Waals surface area contributed by atoms with Gasteiger partial charge in [-0.2, -0.15) is 5.10 Å². The van der Waals surface area contributed by atoms with Crippen LogP contribution in [-0.2, 0) is 11.2 Å². The summed E-state index contributed by atoms with van der Waals surface area (Å²) in [7, 11) is 0. The topological polar surface area (TPSA) is 115 Å². The number of H-pyrrole nitrogens is 1. The molecule has 0 aliphatic carbocycles. The van der Waals surface area contributed by atoms with E-state index in [9.17, 15) is 23.9 Å². The van der Waals surface area contributed by atoms with Crippen molar-refractivity contribution >= 4 is 11.8 Å². The smallest absolute Gasteiger partial charge is 0.267 e. The SMILES string of the molecule is Cc1cc(Cc2ccc(C(=O)NCC(=O)N3C(c4cccc(F)c4)CC[C@@H]3C(C)(C)O)cc2C)c(=O)[nH]n1. The van der Waals surface area contributed by atoms with Gasteiger partial charge in [0.2, 0.25) is 5.91 Å². The Morgan fingerprint density at radius 2 is 1.89 bits per heavy atom. The average molecular weight is 521 g/mol. The molecule has 1 aromatic heterocycles. The first-order valence-corrected chi connectivity index (χ1v) is 12.7. The number of aromatic nitrogens is 2. The molecule has 1 aliphatic heterocycles. The Labute approximate surface area is 220 Å². The van der Waals surface area contributed by atoms with Crippen LogP contribution in [0.1, 0.15) is 71.0 Å². The van der Waals surface area contributed by atoms with E-state index in [4.69, 9.17) is 0 Å². The van der Waals surface area contributed by atoms with Crippen molar-refractivity contribution in [3.63, 3.8) is 0 Å². The molecule has 2 atom stereocenters. The van der Waals surface area contributed by atoms with Gasteiger partial charge in [-0.3, -0.25) is 14.4 Å². The molecule has 200 valence electrons. The second kappa shape index (κ2) is 10.9. The lowest BCUT2D eigenvalue weighted by molar-refractivity contribution is -0.138. The fraction of sp³-hybridized carbons (Fsp3) is 0.379. The van der Waals surface area contributed by atoms with Gasteiger partial charge >= 0.3 is 0 Å². The molecular formula is C29H33FN4O4. The minimum Gasteiger partial charge on any atom is -0.388 e. The van der Waals surface area contributed by atoms with Gasteiger partial charge in [-0.05, 0) is 87.6 Å². The van der Waals surface area contributed by atoms with Crippen molar-refractivity contribution in [1.82, 2.24) is 20.4 Å². The number of hydrogen-bond donors (Lipinski definition) is 3. The molecule has 1 aliphatic rings. The highest BCUT2D eigenvalue weighted by atomic mass is 19.1. The van der Waals surface area contributed by atoms with Gasteiger partial charge in [0.05, 0.1) is 29.9 Å². The number of nitrogens with one attached hydrogen (secondary N) is 2. The van der Waals surface area contributed by atoms with Crippen molar-refractivity contribution in [2.24, 2.45) is 0 Å². The molecule has 9 heteroatoms. The molecule has 0 spiro atoms. The summed E-state index contributed by atoms with van der Waals surface area (Å²) in [6, 6.07) is 12.2. The first-order valence-electron chi connectivity index (χ1n) is 12.7. The van der Waals surface area contributed by atoms with E-state index in [1.807, 2.05) is 6.92 Å². The van der Waals surface area contributed by atoms with Gasteiger partial charge in [0.15, 0.2) is 0 Å². The van der Waals surface area contributed by atoms with Crippen LogP contribution in [0.4, 0.5) is 4.39 Å². The van der Waals surface area contributed by atoms with Crippen molar-refractivity contribution in [1.29, 1.82) is 0 Å². The molecule has 0 saturated carbocycles. The van der Waals surface area contributed by atoms with E-state index in [2.05, 4.69) is 15.5 Å². The van der Waals surface area contributed by atoms with Crippen LogP contribution in [0.2, 0.25) is 0 Å². The summed E-state index contributed by atoms with van der Waals surface area (Å²) in [5.74, 6) is -1.15. The van der Waals surface area contributed by atoms with Crippen molar-refractivity contribution < 1.29 is 19.1 Å². The van der Waals surface area contributed by atoms with Crippen LogP contribution < -0.4 is 10.9 Å². The Bertz CT molecular complexity index is 1410. The van der Waals surface area contributed by atoms with E-state index in [-0.39, 0.29) is 18.0 Å².